The summed E-state index contributed by atoms with van der Waals surface area (Å²) in [5.41, 5.74) is 9.00. The zero-order valence-corrected chi connectivity index (χ0v) is 10.4. The number of nitrogens with two attached hydrogens (primary N) is 1. The molecule has 0 aliphatic carbocycles. The molecule has 0 bridgehead atoms. The van der Waals surface area contributed by atoms with E-state index in [1.54, 1.807) is 6.20 Å². The third-order valence-electron chi connectivity index (χ3n) is 2.94. The molecule has 19 heavy (non-hydrogen) atoms. The maximum absolute atomic E-state index is 5.50. The summed E-state index contributed by atoms with van der Waals surface area (Å²) in [6.07, 6.45) is 4.92. The number of rotatable bonds is 4. The highest BCUT2D eigenvalue weighted by Crippen LogP contribution is 2.22. The summed E-state index contributed by atoms with van der Waals surface area (Å²) in [6, 6.07) is 7.75. The van der Waals surface area contributed by atoms with Gasteiger partial charge in [-0.15, -0.1) is 0 Å². The van der Waals surface area contributed by atoms with Gasteiger partial charge in [0.1, 0.15) is 11.3 Å². The van der Waals surface area contributed by atoms with E-state index in [1.165, 1.54) is 6.39 Å². The van der Waals surface area contributed by atoms with Gasteiger partial charge in [0, 0.05) is 18.2 Å². The summed E-state index contributed by atoms with van der Waals surface area (Å²) in [5.74, 6) is 0.820. The van der Waals surface area contributed by atoms with Crippen molar-refractivity contribution in [3.63, 3.8) is 0 Å². The molecule has 0 saturated heterocycles. The highest BCUT2D eigenvalue weighted by Gasteiger charge is 2.05. The summed E-state index contributed by atoms with van der Waals surface area (Å²) < 4.78 is 5.30. The molecule has 0 fully saturated rings. The second-order valence-corrected chi connectivity index (χ2v) is 4.29. The van der Waals surface area contributed by atoms with Crippen LogP contribution >= 0.6 is 0 Å². The van der Waals surface area contributed by atoms with Crippen LogP contribution in [0.15, 0.2) is 41.3 Å². The molecule has 0 aliphatic rings. The lowest BCUT2D eigenvalue weighted by molar-refractivity contribution is 0.602. The van der Waals surface area contributed by atoms with Crippen LogP contribution in [0.3, 0.4) is 0 Å². The fraction of sp³-hybridized carbons (Fsp3) is 0.214. The Morgan fingerprint density at radius 1 is 1.16 bits per heavy atom. The van der Waals surface area contributed by atoms with Crippen molar-refractivity contribution in [2.24, 2.45) is 5.73 Å². The molecular formula is C14H14N4O. The number of nitrogens with zero attached hydrogens (tertiary/aromatic N) is 3. The Morgan fingerprint density at radius 2 is 2.11 bits per heavy atom. The Bertz CT molecular complexity index is 692. The van der Waals surface area contributed by atoms with Gasteiger partial charge in [0.05, 0.1) is 5.69 Å². The van der Waals surface area contributed by atoms with E-state index in [9.17, 15) is 0 Å². The standard InChI is InChI=1S/C14H14N4O/c15-6-1-2-14-16-7-5-11(18-14)10-3-4-12-13(8-10)19-9-17-12/h3-5,7-9H,1-2,6,15H2. The Morgan fingerprint density at radius 3 is 3.00 bits per heavy atom. The second-order valence-electron chi connectivity index (χ2n) is 4.29. The molecule has 0 unspecified atom stereocenters. The van der Waals surface area contributed by atoms with Crippen LogP contribution in [-0.4, -0.2) is 21.5 Å². The van der Waals surface area contributed by atoms with Crippen LogP contribution in [-0.2, 0) is 6.42 Å². The molecule has 2 heterocycles. The van der Waals surface area contributed by atoms with E-state index >= 15 is 0 Å². The zero-order valence-electron chi connectivity index (χ0n) is 10.4. The predicted octanol–water partition coefficient (Wildman–Crippen LogP) is 2.18. The first-order chi connectivity index (χ1) is 9.36. The summed E-state index contributed by atoms with van der Waals surface area (Å²) in [7, 11) is 0. The van der Waals surface area contributed by atoms with Crippen molar-refractivity contribution in [2.75, 3.05) is 6.54 Å². The molecule has 3 rings (SSSR count). The molecule has 0 spiro atoms. The summed E-state index contributed by atoms with van der Waals surface area (Å²) in [4.78, 5) is 12.9. The van der Waals surface area contributed by atoms with Crippen LogP contribution in [0.2, 0.25) is 0 Å². The van der Waals surface area contributed by atoms with E-state index in [4.69, 9.17) is 10.2 Å². The Kier molecular flexibility index (Phi) is 3.20. The number of benzene rings is 1. The molecule has 3 aromatic rings. The van der Waals surface area contributed by atoms with Gasteiger partial charge in [-0.25, -0.2) is 15.0 Å². The molecule has 0 saturated carbocycles. The van der Waals surface area contributed by atoms with Crippen LogP contribution in [0.5, 0.6) is 0 Å². The minimum atomic E-state index is 0.650. The summed E-state index contributed by atoms with van der Waals surface area (Å²) in [5, 5.41) is 0. The molecule has 0 aliphatic heterocycles. The average molecular weight is 254 g/mol. The lowest BCUT2D eigenvalue weighted by Crippen LogP contribution is -2.03. The predicted molar refractivity (Wildman–Crippen MR) is 72.4 cm³/mol. The molecule has 0 atom stereocenters. The number of hydrogen-bond acceptors (Lipinski definition) is 5. The largest absolute Gasteiger partial charge is 0.443 e. The molecule has 0 amide bonds. The normalized spacial score (nSPS) is 11.0. The highest BCUT2D eigenvalue weighted by atomic mass is 16.3. The van der Waals surface area contributed by atoms with Gasteiger partial charge >= 0.3 is 0 Å². The maximum atomic E-state index is 5.50. The Balaban J connectivity index is 1.95. The smallest absolute Gasteiger partial charge is 0.181 e. The average Bonchev–Trinajstić information content (AvgIpc) is 2.92. The molecule has 5 nitrogen and oxygen atoms in total. The van der Waals surface area contributed by atoms with Gasteiger partial charge in [-0.3, -0.25) is 0 Å². The third kappa shape index (κ3) is 2.46. The van der Waals surface area contributed by atoms with Gasteiger partial charge in [0.2, 0.25) is 0 Å². The second kappa shape index (κ2) is 5.16. The first-order valence-electron chi connectivity index (χ1n) is 6.22. The number of fused-ring (bicyclic) bond motifs is 1. The van der Waals surface area contributed by atoms with E-state index < -0.39 is 0 Å². The van der Waals surface area contributed by atoms with E-state index in [2.05, 4.69) is 15.0 Å². The van der Waals surface area contributed by atoms with Crippen molar-refractivity contribution < 1.29 is 4.42 Å². The van der Waals surface area contributed by atoms with E-state index in [0.717, 1.165) is 41.0 Å². The quantitative estimate of drug-likeness (QED) is 0.772. The monoisotopic (exact) mass is 254 g/mol. The number of aromatic nitrogens is 3. The number of hydrogen-bond donors (Lipinski definition) is 1. The van der Waals surface area contributed by atoms with Gasteiger partial charge < -0.3 is 10.2 Å². The van der Waals surface area contributed by atoms with Crippen molar-refractivity contribution in [2.45, 2.75) is 12.8 Å². The minimum absolute atomic E-state index is 0.650. The van der Waals surface area contributed by atoms with Gasteiger partial charge in [-0.05, 0) is 31.2 Å². The molecule has 2 aromatic heterocycles. The molecule has 96 valence electrons. The van der Waals surface area contributed by atoms with Gasteiger partial charge in [-0.2, -0.15) is 0 Å². The van der Waals surface area contributed by atoms with Crippen LogP contribution in [0.1, 0.15) is 12.2 Å². The van der Waals surface area contributed by atoms with Gasteiger partial charge in [0.25, 0.3) is 0 Å². The Labute approximate surface area is 110 Å². The SMILES string of the molecule is NCCCc1nccc(-c2ccc3ncoc3c2)n1. The van der Waals surface area contributed by atoms with Crippen LogP contribution in [0, 0.1) is 0 Å². The van der Waals surface area contributed by atoms with Crippen molar-refractivity contribution in [1.82, 2.24) is 15.0 Å². The summed E-state index contributed by atoms with van der Waals surface area (Å²) in [6.45, 7) is 0.650. The fourth-order valence-electron chi connectivity index (χ4n) is 1.95. The van der Waals surface area contributed by atoms with Crippen LogP contribution in [0.25, 0.3) is 22.4 Å². The highest BCUT2D eigenvalue weighted by molar-refractivity contribution is 5.78. The lowest BCUT2D eigenvalue weighted by Gasteiger charge is -2.03. The number of aryl methyl sites for hydroxylation is 1. The van der Waals surface area contributed by atoms with Crippen molar-refractivity contribution >= 4 is 11.1 Å². The molecule has 5 heteroatoms. The third-order valence-corrected chi connectivity index (χ3v) is 2.94. The lowest BCUT2D eigenvalue weighted by atomic mass is 10.1. The van der Waals surface area contributed by atoms with Crippen molar-refractivity contribution in [3.8, 4) is 11.3 Å². The topological polar surface area (TPSA) is 77.8 Å². The van der Waals surface area contributed by atoms with E-state index in [-0.39, 0.29) is 0 Å². The minimum Gasteiger partial charge on any atom is -0.443 e. The maximum Gasteiger partial charge on any atom is 0.181 e. The zero-order chi connectivity index (χ0) is 13.1. The molecule has 0 radical (unpaired) electrons. The van der Waals surface area contributed by atoms with E-state index in [1.807, 2.05) is 24.3 Å². The number of oxazole rings is 1. The van der Waals surface area contributed by atoms with E-state index in [0.29, 0.717) is 6.54 Å². The van der Waals surface area contributed by atoms with Crippen LogP contribution < -0.4 is 5.73 Å². The van der Waals surface area contributed by atoms with Gasteiger partial charge in [-0.1, -0.05) is 6.07 Å². The Hall–Kier alpha value is -2.27. The van der Waals surface area contributed by atoms with Crippen molar-refractivity contribution in [1.29, 1.82) is 0 Å². The fourth-order valence-corrected chi connectivity index (χ4v) is 1.95. The molecule has 1 aromatic carbocycles. The van der Waals surface area contributed by atoms with Crippen molar-refractivity contribution in [3.05, 3.63) is 42.7 Å². The molecule has 2 N–H and O–H groups in total. The first-order valence-corrected chi connectivity index (χ1v) is 6.22. The summed E-state index contributed by atoms with van der Waals surface area (Å²) >= 11 is 0. The molecular weight excluding hydrogens is 240 g/mol. The first kappa shape index (κ1) is 11.8. The van der Waals surface area contributed by atoms with Crippen LogP contribution in [0.4, 0.5) is 0 Å². The van der Waals surface area contributed by atoms with Gasteiger partial charge in [0.15, 0.2) is 12.0 Å².